The lowest BCUT2D eigenvalue weighted by atomic mass is 10.1. The lowest BCUT2D eigenvalue weighted by Gasteiger charge is -2.16. The van der Waals surface area contributed by atoms with Crippen molar-refractivity contribution in [2.45, 2.75) is 26.9 Å². The number of ether oxygens (including phenoxy) is 4. The van der Waals surface area contributed by atoms with Crippen molar-refractivity contribution >= 4 is 40.9 Å². The lowest BCUT2D eigenvalue weighted by Crippen LogP contribution is -2.32. The molecule has 0 bridgehead atoms. The van der Waals surface area contributed by atoms with E-state index in [2.05, 4.69) is 5.32 Å². The van der Waals surface area contributed by atoms with Gasteiger partial charge in [0.15, 0.2) is 16.6 Å². The molecule has 0 spiro atoms. The smallest absolute Gasteiger partial charge is 0.276 e. The van der Waals surface area contributed by atoms with Crippen molar-refractivity contribution in [2.75, 3.05) is 26.9 Å². The van der Waals surface area contributed by atoms with E-state index in [9.17, 15) is 4.79 Å². The summed E-state index contributed by atoms with van der Waals surface area (Å²) in [5, 5.41) is 3.96. The summed E-state index contributed by atoms with van der Waals surface area (Å²) in [5.74, 6) is 2.48. The van der Waals surface area contributed by atoms with Gasteiger partial charge >= 0.3 is 0 Å². The van der Waals surface area contributed by atoms with E-state index in [1.165, 1.54) is 0 Å². The van der Waals surface area contributed by atoms with Gasteiger partial charge in [0.05, 0.1) is 25.3 Å². The highest BCUT2D eigenvalue weighted by Gasteiger charge is 2.30. The van der Waals surface area contributed by atoms with Crippen molar-refractivity contribution in [2.24, 2.45) is 0 Å². The molecule has 0 radical (unpaired) electrons. The number of nitrogens with one attached hydrogen (secondary N) is 1. The van der Waals surface area contributed by atoms with Gasteiger partial charge in [-0.15, -0.1) is 0 Å². The fourth-order valence-corrected chi connectivity index (χ4v) is 4.63. The first-order chi connectivity index (χ1) is 18.9. The summed E-state index contributed by atoms with van der Waals surface area (Å²) < 4.78 is 22.8. The molecule has 3 aromatic carbocycles. The summed E-state index contributed by atoms with van der Waals surface area (Å²) in [6, 6.07) is 18.7. The Morgan fingerprint density at radius 1 is 0.923 bits per heavy atom. The average molecular weight is 567 g/mol. The fraction of sp³-hybridized carbons (Fsp3) is 0.267. The summed E-state index contributed by atoms with van der Waals surface area (Å²) in [4.78, 5) is 14.8. The molecule has 1 amide bonds. The quantitative estimate of drug-likeness (QED) is 0.212. The minimum Gasteiger partial charge on any atom is -0.496 e. The van der Waals surface area contributed by atoms with E-state index in [1.807, 2.05) is 68.4 Å². The van der Waals surface area contributed by atoms with E-state index >= 15 is 0 Å². The van der Waals surface area contributed by atoms with Crippen molar-refractivity contribution in [3.8, 4) is 23.0 Å². The Morgan fingerprint density at radius 3 is 2.41 bits per heavy atom. The zero-order valence-electron chi connectivity index (χ0n) is 22.2. The molecule has 39 heavy (non-hydrogen) atoms. The maximum atomic E-state index is 13.2. The van der Waals surface area contributed by atoms with E-state index in [1.54, 1.807) is 24.2 Å². The highest BCUT2D eigenvalue weighted by molar-refractivity contribution is 7.80. The Morgan fingerprint density at radius 2 is 1.67 bits per heavy atom. The maximum Gasteiger partial charge on any atom is 0.276 e. The van der Waals surface area contributed by atoms with Crippen molar-refractivity contribution in [1.29, 1.82) is 0 Å². The first kappa shape index (κ1) is 28.3. The van der Waals surface area contributed by atoms with Gasteiger partial charge in [0.1, 0.15) is 23.8 Å². The number of carbonyl (C=O) groups is 1. The van der Waals surface area contributed by atoms with Crippen LogP contribution in [-0.4, -0.2) is 42.8 Å². The van der Waals surface area contributed by atoms with Crippen LogP contribution in [0.5, 0.6) is 23.0 Å². The topological polar surface area (TPSA) is 69.3 Å². The number of rotatable bonds is 12. The number of halogens is 1. The van der Waals surface area contributed by atoms with E-state index in [0.717, 1.165) is 16.7 Å². The van der Waals surface area contributed by atoms with Crippen molar-refractivity contribution < 1.29 is 23.7 Å². The molecule has 1 saturated heterocycles. The monoisotopic (exact) mass is 566 g/mol. The third-order valence-corrected chi connectivity index (χ3v) is 6.66. The van der Waals surface area contributed by atoms with Crippen molar-refractivity contribution in [1.82, 2.24) is 10.2 Å². The molecule has 7 nitrogen and oxygen atoms in total. The summed E-state index contributed by atoms with van der Waals surface area (Å²) in [6.45, 7) is 5.64. The average Bonchev–Trinajstić information content (AvgIpc) is 3.20. The summed E-state index contributed by atoms with van der Waals surface area (Å²) in [6.07, 6.45) is 2.39. The molecule has 3 aromatic rings. The van der Waals surface area contributed by atoms with Crippen LogP contribution < -0.4 is 24.3 Å². The van der Waals surface area contributed by atoms with Crippen LogP contribution in [0.25, 0.3) is 6.08 Å². The number of benzene rings is 3. The molecule has 1 heterocycles. The van der Waals surface area contributed by atoms with E-state index in [4.69, 9.17) is 42.8 Å². The van der Waals surface area contributed by atoms with Crippen LogP contribution in [0.3, 0.4) is 0 Å². The van der Waals surface area contributed by atoms with Crippen molar-refractivity contribution in [3.63, 3.8) is 0 Å². The normalized spacial score (nSPS) is 13.9. The molecule has 204 valence electrons. The predicted octanol–water partition coefficient (Wildman–Crippen LogP) is 6.03. The van der Waals surface area contributed by atoms with Gasteiger partial charge in [-0.05, 0) is 86.1 Å². The third kappa shape index (κ3) is 7.02. The number of methoxy groups -OCH3 is 1. The molecule has 0 saturated carbocycles. The molecule has 1 aliphatic rings. The molecule has 0 aromatic heterocycles. The maximum absolute atomic E-state index is 13.2. The zero-order valence-corrected chi connectivity index (χ0v) is 23.7. The number of amides is 1. The van der Waals surface area contributed by atoms with Crippen LogP contribution in [0.2, 0.25) is 5.02 Å². The minimum atomic E-state index is -0.180. The molecule has 0 unspecified atom stereocenters. The second kappa shape index (κ2) is 13.4. The van der Waals surface area contributed by atoms with Crippen molar-refractivity contribution in [3.05, 3.63) is 88.1 Å². The van der Waals surface area contributed by atoms with Crippen LogP contribution in [0, 0.1) is 0 Å². The molecular weight excluding hydrogens is 536 g/mol. The van der Waals surface area contributed by atoms with Crippen LogP contribution in [0.15, 0.2) is 66.4 Å². The Kier molecular flexibility index (Phi) is 9.68. The number of nitrogens with zero attached hydrogens (tertiary/aromatic N) is 1. The highest BCUT2D eigenvalue weighted by atomic mass is 35.5. The predicted molar refractivity (Wildman–Crippen MR) is 157 cm³/mol. The van der Waals surface area contributed by atoms with Gasteiger partial charge in [0, 0.05) is 12.1 Å². The molecule has 9 heteroatoms. The van der Waals surface area contributed by atoms with Crippen LogP contribution >= 0.6 is 23.8 Å². The number of thiocarbonyl (C=S) groups is 1. The molecule has 1 aliphatic heterocycles. The van der Waals surface area contributed by atoms with Gasteiger partial charge in [0.2, 0.25) is 0 Å². The van der Waals surface area contributed by atoms with E-state index < -0.39 is 0 Å². The van der Waals surface area contributed by atoms with Crippen LogP contribution in [0.4, 0.5) is 0 Å². The summed E-state index contributed by atoms with van der Waals surface area (Å²) in [5.41, 5.74) is 3.05. The Labute approximate surface area is 239 Å². The second-order valence-electron chi connectivity index (χ2n) is 8.63. The second-order valence-corrected chi connectivity index (χ2v) is 9.43. The Balaban J connectivity index is 1.45. The Bertz CT molecular complexity index is 1380. The molecule has 0 aliphatic carbocycles. The first-order valence-electron chi connectivity index (χ1n) is 12.7. The number of hydrogen-bond acceptors (Lipinski definition) is 6. The summed E-state index contributed by atoms with van der Waals surface area (Å²) in [7, 11) is 1.60. The standard InChI is InChI=1S/C30H31ClN2O5S/c1-4-36-27-13-10-20(18-28(27)37-5-2)14-15-33-29(34)24(32-30(33)39)17-21-11-12-25(35-3)22(16-21)19-38-26-9-7-6-8-23(26)31/h6-13,16-18H,4-5,14-15,19H2,1-3H3,(H,32,39)/b24-17+. The first-order valence-corrected chi connectivity index (χ1v) is 13.5. The van der Waals surface area contributed by atoms with E-state index in [0.29, 0.717) is 65.0 Å². The van der Waals surface area contributed by atoms with Crippen LogP contribution in [0.1, 0.15) is 30.5 Å². The molecule has 0 atom stereocenters. The fourth-order valence-electron chi connectivity index (χ4n) is 4.15. The largest absolute Gasteiger partial charge is 0.496 e. The SMILES string of the molecule is CCOc1ccc(CCN2C(=O)/C(=C\c3ccc(OC)c(COc4ccccc4Cl)c3)NC2=S)cc1OCC. The highest BCUT2D eigenvalue weighted by Crippen LogP contribution is 2.30. The van der Waals surface area contributed by atoms with Gasteiger partial charge in [-0.25, -0.2) is 0 Å². The van der Waals surface area contributed by atoms with Gasteiger partial charge in [0.25, 0.3) is 5.91 Å². The third-order valence-electron chi connectivity index (χ3n) is 6.03. The summed E-state index contributed by atoms with van der Waals surface area (Å²) >= 11 is 11.7. The number of carbonyl (C=O) groups excluding carboxylic acids is 1. The van der Waals surface area contributed by atoms with Gasteiger partial charge in [-0.1, -0.05) is 35.9 Å². The number of hydrogen-bond donors (Lipinski definition) is 1. The van der Waals surface area contributed by atoms with Gasteiger partial charge in [-0.2, -0.15) is 0 Å². The van der Waals surface area contributed by atoms with Gasteiger partial charge < -0.3 is 24.3 Å². The Hall–Kier alpha value is -3.75. The minimum absolute atomic E-state index is 0.180. The van der Waals surface area contributed by atoms with E-state index in [-0.39, 0.29) is 12.5 Å². The molecule has 4 rings (SSSR count). The zero-order chi connectivity index (χ0) is 27.8. The van der Waals surface area contributed by atoms with Crippen LogP contribution in [-0.2, 0) is 17.8 Å². The molecule has 1 fully saturated rings. The van der Waals surface area contributed by atoms with Gasteiger partial charge in [-0.3, -0.25) is 9.69 Å². The molecular formula is C30H31ClN2O5S. The molecule has 1 N–H and O–H groups in total. The lowest BCUT2D eigenvalue weighted by molar-refractivity contribution is -0.122. The number of para-hydroxylation sites is 1.